The summed E-state index contributed by atoms with van der Waals surface area (Å²) in [6.07, 6.45) is 0. The van der Waals surface area contributed by atoms with Gasteiger partial charge in [-0.3, -0.25) is 0 Å². The molecule has 3 aromatic rings. The Balaban J connectivity index is 0.000000322. The molecule has 0 nitrogen and oxygen atoms in total. The number of hydrogen-bond acceptors (Lipinski definition) is 0. The molecule has 0 saturated heterocycles. The highest BCUT2D eigenvalue weighted by Gasteiger charge is 1.85. The first-order valence-electron chi connectivity index (χ1n) is 6.82. The van der Waals surface area contributed by atoms with Crippen LogP contribution >= 0.6 is 0 Å². The quantitative estimate of drug-likeness (QED) is 0.436. The average molecular weight is 266 g/mol. The van der Waals surface area contributed by atoms with Crippen LogP contribution in [0.4, 0.5) is 0 Å². The second-order valence-electron chi connectivity index (χ2n) is 4.00. The van der Waals surface area contributed by atoms with Crippen molar-refractivity contribution in [3.63, 3.8) is 0 Å². The highest BCUT2D eigenvalue weighted by atomic mass is 13.9. The summed E-state index contributed by atoms with van der Waals surface area (Å²) in [4.78, 5) is 0. The van der Waals surface area contributed by atoms with Gasteiger partial charge in [0.1, 0.15) is 0 Å². The Morgan fingerprint density at radius 3 is 1.05 bits per heavy atom. The lowest BCUT2D eigenvalue weighted by Gasteiger charge is -1.92. The first-order chi connectivity index (χ1) is 9.36. The minimum atomic E-state index is 0. The molecule has 0 atom stereocenters. The summed E-state index contributed by atoms with van der Waals surface area (Å²) in [5.74, 6) is 0. The van der Waals surface area contributed by atoms with Crippen LogP contribution in [0.3, 0.4) is 0 Å². The summed E-state index contributed by atoms with van der Waals surface area (Å²) >= 11 is 0. The van der Waals surface area contributed by atoms with Crippen LogP contribution in [0, 0.1) is 6.92 Å². The van der Waals surface area contributed by atoms with Crippen molar-refractivity contribution in [2.24, 2.45) is 0 Å². The smallest absolute Gasteiger partial charge is 0.0184 e. The first kappa shape index (κ1) is 17.9. The van der Waals surface area contributed by atoms with Gasteiger partial charge >= 0.3 is 0 Å². The van der Waals surface area contributed by atoms with E-state index in [0.29, 0.717) is 0 Å². The fourth-order valence-electron chi connectivity index (χ4n) is 1.67. The Bertz CT molecular complexity index is 502. The van der Waals surface area contributed by atoms with Crippen molar-refractivity contribution >= 4 is 10.8 Å². The third-order valence-corrected chi connectivity index (χ3v) is 2.60. The summed E-state index contributed by atoms with van der Waals surface area (Å²) in [5, 5.41) is 2.62. The van der Waals surface area contributed by atoms with Crippen molar-refractivity contribution in [2.75, 3.05) is 0 Å². The Morgan fingerprint density at radius 1 is 0.500 bits per heavy atom. The lowest BCUT2D eigenvalue weighted by atomic mass is 10.1. The van der Waals surface area contributed by atoms with Gasteiger partial charge in [-0.25, -0.2) is 0 Å². The largest absolute Gasteiger partial charge is 0.0776 e. The van der Waals surface area contributed by atoms with Crippen molar-refractivity contribution in [2.45, 2.75) is 28.2 Å². The van der Waals surface area contributed by atoms with Gasteiger partial charge < -0.3 is 0 Å². The van der Waals surface area contributed by atoms with Gasteiger partial charge in [0.25, 0.3) is 0 Å². The van der Waals surface area contributed by atoms with Crippen molar-refractivity contribution in [1.29, 1.82) is 0 Å². The van der Waals surface area contributed by atoms with Gasteiger partial charge in [-0.15, -0.1) is 0 Å². The molecule has 0 amide bonds. The molecule has 0 aliphatic carbocycles. The van der Waals surface area contributed by atoms with E-state index in [1.54, 1.807) is 0 Å². The molecule has 3 aromatic carbocycles. The highest BCUT2D eigenvalue weighted by Crippen LogP contribution is 2.11. The molecular weight excluding hydrogens is 240 g/mol. The van der Waals surface area contributed by atoms with E-state index in [2.05, 4.69) is 67.6 Å². The zero-order valence-corrected chi connectivity index (χ0v) is 12.0. The van der Waals surface area contributed by atoms with Gasteiger partial charge in [-0.2, -0.15) is 0 Å². The molecule has 0 bridgehead atoms. The summed E-state index contributed by atoms with van der Waals surface area (Å²) < 4.78 is 0. The summed E-state index contributed by atoms with van der Waals surface area (Å²) in [6.45, 7) is 6.08. The standard InChI is InChI=1S/C10H8.C7H8.C2H6.CH4/c1-2-6-10-8-4-3-7-9(10)5-1;1-7-5-3-2-4-6-7;1-2;/h1-8H;2-6H,1H3;1-2H3;1H4. The van der Waals surface area contributed by atoms with Crippen LogP contribution in [0.1, 0.15) is 26.8 Å². The Morgan fingerprint density at radius 2 is 0.800 bits per heavy atom. The van der Waals surface area contributed by atoms with Crippen LogP contribution in [0.25, 0.3) is 10.8 Å². The van der Waals surface area contributed by atoms with Gasteiger partial charge in [0.05, 0.1) is 0 Å². The van der Waals surface area contributed by atoms with E-state index < -0.39 is 0 Å². The van der Waals surface area contributed by atoms with Gasteiger partial charge in [0.2, 0.25) is 0 Å². The van der Waals surface area contributed by atoms with E-state index in [9.17, 15) is 0 Å². The number of rotatable bonds is 0. The molecule has 20 heavy (non-hydrogen) atoms. The van der Waals surface area contributed by atoms with E-state index in [4.69, 9.17) is 0 Å². The zero-order valence-electron chi connectivity index (χ0n) is 12.0. The Hall–Kier alpha value is -2.08. The van der Waals surface area contributed by atoms with Crippen molar-refractivity contribution < 1.29 is 0 Å². The van der Waals surface area contributed by atoms with Gasteiger partial charge in [0, 0.05) is 0 Å². The van der Waals surface area contributed by atoms with E-state index >= 15 is 0 Å². The minimum absolute atomic E-state index is 0. The third kappa shape index (κ3) is 6.19. The molecule has 0 saturated carbocycles. The Kier molecular flexibility index (Phi) is 9.68. The van der Waals surface area contributed by atoms with Crippen LogP contribution in [0.15, 0.2) is 78.9 Å². The SMILES string of the molecule is C.CC.Cc1ccccc1.c1ccc2ccccc2c1. The molecule has 0 N–H and O–H groups in total. The summed E-state index contributed by atoms with van der Waals surface area (Å²) in [6, 6.07) is 27.0. The van der Waals surface area contributed by atoms with E-state index in [0.717, 1.165) is 0 Å². The van der Waals surface area contributed by atoms with Crippen LogP contribution in [-0.4, -0.2) is 0 Å². The van der Waals surface area contributed by atoms with Gasteiger partial charge in [-0.1, -0.05) is 106 Å². The predicted octanol–water partition coefficient (Wildman–Crippen LogP) is 6.50. The second-order valence-corrected chi connectivity index (χ2v) is 4.00. The number of aryl methyl sites for hydroxylation is 1. The number of benzene rings is 3. The highest BCUT2D eigenvalue weighted by molar-refractivity contribution is 5.81. The van der Waals surface area contributed by atoms with E-state index in [1.165, 1.54) is 16.3 Å². The van der Waals surface area contributed by atoms with Crippen LogP contribution < -0.4 is 0 Å². The maximum atomic E-state index is 2.12. The summed E-state index contributed by atoms with van der Waals surface area (Å²) in [7, 11) is 0. The molecule has 0 aliphatic rings. The van der Waals surface area contributed by atoms with Crippen LogP contribution in [0.5, 0.6) is 0 Å². The molecular formula is C20H26. The van der Waals surface area contributed by atoms with E-state index in [-0.39, 0.29) is 7.43 Å². The van der Waals surface area contributed by atoms with Crippen molar-refractivity contribution in [3.05, 3.63) is 84.4 Å². The summed E-state index contributed by atoms with van der Waals surface area (Å²) in [5.41, 5.74) is 1.32. The molecule has 0 spiro atoms. The second kappa shape index (κ2) is 10.8. The molecule has 0 aromatic heterocycles. The first-order valence-corrected chi connectivity index (χ1v) is 6.82. The van der Waals surface area contributed by atoms with E-state index in [1.807, 2.05) is 32.0 Å². The molecule has 106 valence electrons. The average Bonchev–Trinajstić information content (AvgIpc) is 2.51. The lowest BCUT2D eigenvalue weighted by molar-refractivity contribution is 1.48. The van der Waals surface area contributed by atoms with Crippen LogP contribution in [-0.2, 0) is 0 Å². The maximum Gasteiger partial charge on any atom is -0.0184 e. The number of fused-ring (bicyclic) bond motifs is 1. The molecule has 0 radical (unpaired) electrons. The normalized spacial score (nSPS) is 8.35. The fourth-order valence-corrected chi connectivity index (χ4v) is 1.67. The molecule has 0 fully saturated rings. The predicted molar refractivity (Wildman–Crippen MR) is 93.2 cm³/mol. The minimum Gasteiger partial charge on any atom is -0.0776 e. The van der Waals surface area contributed by atoms with Gasteiger partial charge in [-0.05, 0) is 17.7 Å². The number of hydrogen-bond donors (Lipinski definition) is 0. The lowest BCUT2D eigenvalue weighted by Crippen LogP contribution is -1.67. The third-order valence-electron chi connectivity index (χ3n) is 2.60. The zero-order chi connectivity index (χ0) is 13.9. The Labute approximate surface area is 124 Å². The maximum absolute atomic E-state index is 2.12. The molecule has 3 rings (SSSR count). The molecule has 0 unspecified atom stereocenters. The van der Waals surface area contributed by atoms with Crippen LogP contribution in [0.2, 0.25) is 0 Å². The van der Waals surface area contributed by atoms with Crippen molar-refractivity contribution in [1.82, 2.24) is 0 Å². The topological polar surface area (TPSA) is 0 Å². The van der Waals surface area contributed by atoms with Crippen molar-refractivity contribution in [3.8, 4) is 0 Å². The molecule has 0 heterocycles. The fraction of sp³-hybridized carbons (Fsp3) is 0.200. The molecule has 0 heteroatoms. The molecule has 0 aliphatic heterocycles. The van der Waals surface area contributed by atoms with Gasteiger partial charge in [0.15, 0.2) is 0 Å². The monoisotopic (exact) mass is 266 g/mol.